The van der Waals surface area contributed by atoms with Crippen molar-refractivity contribution in [1.82, 2.24) is 0 Å². The van der Waals surface area contributed by atoms with Crippen molar-refractivity contribution in [3.63, 3.8) is 0 Å². The Morgan fingerprint density at radius 3 is 0.917 bits per heavy atom. The van der Waals surface area contributed by atoms with E-state index in [1.54, 1.807) is 0 Å². The number of phosphoric acid groups is 2. The summed E-state index contributed by atoms with van der Waals surface area (Å²) in [6.07, 6.45) is 0. The molecule has 0 amide bonds. The van der Waals surface area contributed by atoms with Gasteiger partial charge in [0.2, 0.25) is 0 Å². The quantitative estimate of drug-likeness (QED) is 0.290. The van der Waals surface area contributed by atoms with Crippen LogP contribution in [0.3, 0.4) is 0 Å². The second kappa shape index (κ2) is 8.77. The molecule has 0 saturated carbocycles. The third kappa shape index (κ3) is 829. The molecule has 8 nitrogen and oxygen atoms in total. The Morgan fingerprint density at radius 1 is 0.917 bits per heavy atom. The predicted molar refractivity (Wildman–Crippen MR) is 38.7 cm³/mol. The summed E-state index contributed by atoms with van der Waals surface area (Å²) < 4.78 is 17.4. The van der Waals surface area contributed by atoms with Crippen molar-refractivity contribution in [3.05, 3.63) is 0 Å². The Balaban J connectivity index is -0.0000000457. The van der Waals surface area contributed by atoms with Crippen LogP contribution in [-0.2, 0) is 9.13 Å². The fourth-order valence-electron chi connectivity index (χ4n) is 0. The van der Waals surface area contributed by atoms with Gasteiger partial charge in [0.15, 0.2) is 0 Å². The SMILES string of the molecule is O=P(O)(O)O.O=P([O-])([O-])[O-].P.[Al+3]. The monoisotopic (exact) mass is 254 g/mol. The summed E-state index contributed by atoms with van der Waals surface area (Å²) in [5, 5.41) is 0. The molecule has 0 aromatic carbocycles. The van der Waals surface area contributed by atoms with Gasteiger partial charge < -0.3 is 33.9 Å². The first-order chi connectivity index (χ1) is 4.00. The van der Waals surface area contributed by atoms with Gasteiger partial charge in [-0.2, -0.15) is 17.7 Å². The molecule has 0 spiro atoms. The molecule has 0 rings (SSSR count). The Bertz CT molecular complexity index is 127. The maximum atomic E-state index is 8.88. The van der Waals surface area contributed by atoms with E-state index in [0.29, 0.717) is 0 Å². The number of hydrogen-bond acceptors (Lipinski definition) is 5. The molecule has 0 bridgehead atoms. The van der Waals surface area contributed by atoms with E-state index in [0.717, 1.165) is 0 Å². The van der Waals surface area contributed by atoms with Crippen LogP contribution < -0.4 is 14.7 Å². The van der Waals surface area contributed by atoms with Gasteiger partial charge in [-0.05, 0) is 0 Å². The molecule has 12 heteroatoms. The Morgan fingerprint density at radius 2 is 0.917 bits per heavy atom. The topological polar surface area (TPSA) is 164 Å². The molecule has 72 valence electrons. The molecule has 1 atom stereocenters. The summed E-state index contributed by atoms with van der Waals surface area (Å²) >= 11 is 0. The van der Waals surface area contributed by atoms with E-state index in [2.05, 4.69) is 0 Å². The van der Waals surface area contributed by atoms with E-state index < -0.39 is 15.6 Å². The number of rotatable bonds is 0. The van der Waals surface area contributed by atoms with E-state index in [-0.39, 0.29) is 27.3 Å². The van der Waals surface area contributed by atoms with Gasteiger partial charge in [-0.15, -0.1) is 0 Å². The molecule has 3 N–H and O–H groups in total. The molecule has 0 radical (unpaired) electrons. The van der Waals surface area contributed by atoms with Crippen molar-refractivity contribution in [2.45, 2.75) is 0 Å². The van der Waals surface area contributed by atoms with Gasteiger partial charge in [-0.3, -0.25) is 0 Å². The molecule has 0 aromatic rings. The zero-order chi connectivity index (χ0) is 9.00. The normalized spacial score (nSPS) is 9.83. The third-order valence-corrected chi connectivity index (χ3v) is 0. The number of hydrogen-bond donors (Lipinski definition) is 3. The largest absolute Gasteiger partial charge is 3.00 e. The zero-order valence-corrected chi connectivity index (χ0v) is 9.92. The van der Waals surface area contributed by atoms with E-state index in [1.165, 1.54) is 0 Å². The molecule has 0 aromatic heterocycles. The second-order valence-corrected chi connectivity index (χ2v) is 2.88. The zero-order valence-electron chi connectivity index (χ0n) is 5.56. The molecule has 0 heterocycles. The van der Waals surface area contributed by atoms with Gasteiger partial charge in [0.25, 0.3) is 0 Å². The Labute approximate surface area is 81.9 Å². The molecule has 0 aliphatic rings. The first kappa shape index (κ1) is 23.2. The fraction of sp³-hybridized carbons (Fsp3) is 0. The average Bonchev–Trinajstić information content (AvgIpc) is 1.12. The Kier molecular flexibility index (Phi) is 17.0. The van der Waals surface area contributed by atoms with Gasteiger partial charge in [-0.25, -0.2) is 4.57 Å². The van der Waals surface area contributed by atoms with Crippen molar-refractivity contribution < 1.29 is 38.5 Å². The van der Waals surface area contributed by atoms with Crippen molar-refractivity contribution in [1.29, 1.82) is 0 Å². The first-order valence-corrected chi connectivity index (χ1v) is 4.54. The third-order valence-electron chi connectivity index (χ3n) is 0. The van der Waals surface area contributed by atoms with Crippen LogP contribution in [0.5, 0.6) is 0 Å². The summed E-state index contributed by atoms with van der Waals surface area (Å²) in [5.41, 5.74) is 0. The molecule has 0 fully saturated rings. The maximum absolute atomic E-state index is 8.88. The van der Waals surface area contributed by atoms with Crippen molar-refractivity contribution in [3.8, 4) is 0 Å². The van der Waals surface area contributed by atoms with Crippen LogP contribution in [0.15, 0.2) is 0 Å². The minimum atomic E-state index is -5.39. The average molecular weight is 254 g/mol. The molecule has 0 aliphatic carbocycles. The molecule has 1 unspecified atom stereocenters. The van der Waals surface area contributed by atoms with Crippen LogP contribution in [0, 0.1) is 0 Å². The summed E-state index contributed by atoms with van der Waals surface area (Å²) in [6, 6.07) is 0. The molecule has 0 aliphatic heterocycles. The molecule has 0 saturated heterocycles. The van der Waals surface area contributed by atoms with Crippen molar-refractivity contribution >= 4 is 42.9 Å². The van der Waals surface area contributed by atoms with Gasteiger partial charge in [-0.1, -0.05) is 0 Å². The van der Waals surface area contributed by atoms with Gasteiger partial charge in [0, 0.05) is 0 Å². The molecule has 12 heavy (non-hydrogen) atoms. The molecular weight excluding hydrogens is 248 g/mol. The van der Waals surface area contributed by atoms with Crippen LogP contribution in [0.1, 0.15) is 0 Å². The van der Waals surface area contributed by atoms with Crippen molar-refractivity contribution in [2.75, 3.05) is 0 Å². The van der Waals surface area contributed by atoms with Crippen LogP contribution in [-0.4, -0.2) is 32.0 Å². The van der Waals surface area contributed by atoms with E-state index in [1.807, 2.05) is 0 Å². The standard InChI is InChI=1S/Al.2H3O4P.H3P/c;2*1-5(2,3)4;/h;2*(H3,1,2,3,4);1H3/q+3;;;/p-3. The van der Waals surface area contributed by atoms with Gasteiger partial charge >= 0.3 is 25.2 Å². The summed E-state index contributed by atoms with van der Waals surface area (Å²) in [4.78, 5) is 47.2. The second-order valence-electron chi connectivity index (χ2n) is 0.960. The summed E-state index contributed by atoms with van der Waals surface area (Å²) in [5.74, 6) is 0. The first-order valence-electron chi connectivity index (χ1n) is 1.51. The Hall–Kier alpha value is 1.18. The minimum Gasteiger partial charge on any atom is -0.822 e. The minimum absolute atomic E-state index is 0. The smallest absolute Gasteiger partial charge is 0.822 e. The maximum Gasteiger partial charge on any atom is 3.00 e. The van der Waals surface area contributed by atoms with Crippen LogP contribution in [0.4, 0.5) is 0 Å². The van der Waals surface area contributed by atoms with Crippen LogP contribution in [0.25, 0.3) is 0 Å². The van der Waals surface area contributed by atoms with E-state index >= 15 is 0 Å². The summed E-state index contributed by atoms with van der Waals surface area (Å²) in [6.45, 7) is 0. The van der Waals surface area contributed by atoms with E-state index in [9.17, 15) is 0 Å². The predicted octanol–water partition coefficient (Wildman–Crippen LogP) is -4.08. The van der Waals surface area contributed by atoms with Crippen LogP contribution >= 0.6 is 25.5 Å². The van der Waals surface area contributed by atoms with Gasteiger partial charge in [0.1, 0.15) is 0 Å². The van der Waals surface area contributed by atoms with Gasteiger partial charge in [0.05, 0.1) is 0 Å². The fourth-order valence-corrected chi connectivity index (χ4v) is 0. The van der Waals surface area contributed by atoms with Crippen LogP contribution in [0.2, 0.25) is 0 Å². The van der Waals surface area contributed by atoms with E-state index in [4.69, 9.17) is 38.5 Å². The van der Waals surface area contributed by atoms with Crippen molar-refractivity contribution in [2.24, 2.45) is 0 Å². The summed E-state index contributed by atoms with van der Waals surface area (Å²) in [7, 11) is -10.0. The molecular formula is H6AlO8P3.